The second-order valence-corrected chi connectivity index (χ2v) is 3.47. The van der Waals surface area contributed by atoms with Crippen LogP contribution in [0.4, 0.5) is 0 Å². The largest absolute Gasteiger partial charge is 0.361 e. The molecule has 0 saturated heterocycles. The summed E-state index contributed by atoms with van der Waals surface area (Å²) < 4.78 is 1.17. The van der Waals surface area contributed by atoms with E-state index in [1.165, 1.54) is 20.9 Å². The zero-order chi connectivity index (χ0) is 9.84. The smallest absolute Gasteiger partial charge is 0.0457 e. The van der Waals surface area contributed by atoms with Crippen LogP contribution in [0.2, 0.25) is 0 Å². The van der Waals surface area contributed by atoms with Gasteiger partial charge in [0.05, 0.1) is 0 Å². The summed E-state index contributed by atoms with van der Waals surface area (Å²) in [4.78, 5) is 3.17. The summed E-state index contributed by atoms with van der Waals surface area (Å²) in [7, 11) is 0. The van der Waals surface area contributed by atoms with E-state index in [2.05, 4.69) is 46.0 Å². The predicted molar refractivity (Wildman–Crippen MR) is 62.1 cm³/mol. The predicted octanol–water partition coefficient (Wildman–Crippen LogP) is 4.27. The van der Waals surface area contributed by atoms with Gasteiger partial charge in [0.2, 0.25) is 0 Å². The summed E-state index contributed by atoms with van der Waals surface area (Å²) in [5.41, 5.74) is 2.49. The molecule has 0 saturated carbocycles. The monoisotopic (exact) mass is 239 g/mol. The van der Waals surface area contributed by atoms with Crippen LogP contribution in [-0.4, -0.2) is 4.98 Å². The van der Waals surface area contributed by atoms with Crippen LogP contribution < -0.4 is 0 Å². The van der Waals surface area contributed by atoms with Crippen molar-refractivity contribution in [2.45, 2.75) is 20.8 Å². The number of nitrogens with one attached hydrogen (secondary N) is 1. The minimum Gasteiger partial charge on any atom is -0.361 e. The molecule has 1 nitrogen and oxygen atoms in total. The van der Waals surface area contributed by atoms with Crippen molar-refractivity contribution in [3.63, 3.8) is 0 Å². The van der Waals surface area contributed by atoms with Crippen molar-refractivity contribution in [3.05, 3.63) is 34.4 Å². The fourth-order valence-corrected chi connectivity index (χ4v) is 1.60. The van der Waals surface area contributed by atoms with Crippen LogP contribution >= 0.6 is 15.9 Å². The SMILES string of the molecule is CC.Cc1c(Br)ccc2[nH]ccc12. The molecule has 1 aromatic heterocycles. The lowest BCUT2D eigenvalue weighted by Gasteiger charge is -1.97. The molecule has 2 rings (SSSR count). The van der Waals surface area contributed by atoms with E-state index in [4.69, 9.17) is 0 Å². The molecule has 0 atom stereocenters. The van der Waals surface area contributed by atoms with Crippen molar-refractivity contribution >= 4 is 26.8 Å². The van der Waals surface area contributed by atoms with Gasteiger partial charge in [-0.25, -0.2) is 0 Å². The van der Waals surface area contributed by atoms with Crippen LogP contribution in [0.1, 0.15) is 19.4 Å². The molecule has 13 heavy (non-hydrogen) atoms. The molecule has 0 aliphatic heterocycles. The Balaban J connectivity index is 0.000000396. The van der Waals surface area contributed by atoms with Crippen molar-refractivity contribution in [1.82, 2.24) is 4.98 Å². The van der Waals surface area contributed by atoms with E-state index in [9.17, 15) is 0 Å². The maximum atomic E-state index is 3.49. The van der Waals surface area contributed by atoms with E-state index in [1.807, 2.05) is 20.0 Å². The maximum absolute atomic E-state index is 3.49. The van der Waals surface area contributed by atoms with Gasteiger partial charge in [-0.05, 0) is 30.7 Å². The minimum atomic E-state index is 1.17. The molecule has 0 bridgehead atoms. The number of aromatic nitrogens is 1. The number of rotatable bonds is 0. The number of aromatic amines is 1. The highest BCUT2D eigenvalue weighted by atomic mass is 79.9. The molecule has 0 radical (unpaired) electrons. The van der Waals surface area contributed by atoms with E-state index in [0.29, 0.717) is 0 Å². The summed E-state index contributed by atoms with van der Waals surface area (Å²) >= 11 is 3.49. The van der Waals surface area contributed by atoms with E-state index < -0.39 is 0 Å². The Morgan fingerprint density at radius 3 is 2.54 bits per heavy atom. The van der Waals surface area contributed by atoms with Crippen LogP contribution in [0.15, 0.2) is 28.9 Å². The molecule has 70 valence electrons. The highest BCUT2D eigenvalue weighted by molar-refractivity contribution is 9.10. The number of hydrogen-bond acceptors (Lipinski definition) is 0. The zero-order valence-electron chi connectivity index (χ0n) is 8.19. The summed E-state index contributed by atoms with van der Waals surface area (Å²) in [6, 6.07) is 6.23. The van der Waals surface area contributed by atoms with Gasteiger partial charge in [0.1, 0.15) is 0 Å². The number of fused-ring (bicyclic) bond motifs is 1. The second kappa shape index (κ2) is 4.47. The van der Waals surface area contributed by atoms with E-state index in [-0.39, 0.29) is 0 Å². The van der Waals surface area contributed by atoms with Gasteiger partial charge in [0.25, 0.3) is 0 Å². The van der Waals surface area contributed by atoms with Crippen molar-refractivity contribution in [1.29, 1.82) is 0 Å². The molecular formula is C11H14BrN. The third-order valence-corrected chi connectivity index (χ3v) is 2.80. The van der Waals surface area contributed by atoms with Gasteiger partial charge in [0.15, 0.2) is 0 Å². The first-order valence-corrected chi connectivity index (χ1v) is 5.30. The van der Waals surface area contributed by atoms with Gasteiger partial charge < -0.3 is 4.98 Å². The van der Waals surface area contributed by atoms with Crippen LogP contribution in [0.25, 0.3) is 10.9 Å². The Morgan fingerprint density at radius 2 is 1.85 bits per heavy atom. The molecular weight excluding hydrogens is 226 g/mol. The molecule has 2 heteroatoms. The van der Waals surface area contributed by atoms with E-state index in [1.54, 1.807) is 0 Å². The van der Waals surface area contributed by atoms with Crippen molar-refractivity contribution in [2.75, 3.05) is 0 Å². The minimum absolute atomic E-state index is 1.17. The lowest BCUT2D eigenvalue weighted by atomic mass is 10.1. The average Bonchev–Trinajstić information content (AvgIpc) is 2.63. The molecule has 0 aliphatic rings. The fourth-order valence-electron chi connectivity index (χ4n) is 1.26. The van der Waals surface area contributed by atoms with Gasteiger partial charge >= 0.3 is 0 Å². The molecule has 1 aromatic carbocycles. The summed E-state index contributed by atoms with van der Waals surface area (Å²) in [6.07, 6.45) is 1.96. The molecule has 0 aliphatic carbocycles. The fraction of sp³-hybridized carbons (Fsp3) is 0.273. The summed E-state index contributed by atoms with van der Waals surface area (Å²) in [5.74, 6) is 0. The molecule has 0 unspecified atom stereocenters. The summed E-state index contributed by atoms with van der Waals surface area (Å²) in [5, 5.41) is 1.29. The number of aryl methyl sites for hydroxylation is 1. The van der Waals surface area contributed by atoms with Gasteiger partial charge in [0, 0.05) is 21.6 Å². The Kier molecular flexibility index (Phi) is 3.55. The highest BCUT2D eigenvalue weighted by Gasteiger charge is 1.99. The molecule has 1 heterocycles. The molecule has 2 aromatic rings. The lowest BCUT2D eigenvalue weighted by molar-refractivity contribution is 1.45. The standard InChI is InChI=1S/C9H8BrN.C2H6/c1-6-7-4-5-11-9(7)3-2-8(6)10;1-2/h2-5,11H,1H3;1-2H3. The number of hydrogen-bond donors (Lipinski definition) is 1. The Morgan fingerprint density at radius 1 is 1.15 bits per heavy atom. The van der Waals surface area contributed by atoms with Gasteiger partial charge in [-0.3, -0.25) is 0 Å². The number of halogens is 1. The highest BCUT2D eigenvalue weighted by Crippen LogP contribution is 2.24. The van der Waals surface area contributed by atoms with Crippen LogP contribution in [0.3, 0.4) is 0 Å². The molecule has 0 amide bonds. The van der Waals surface area contributed by atoms with Crippen molar-refractivity contribution in [3.8, 4) is 0 Å². The number of H-pyrrole nitrogens is 1. The van der Waals surface area contributed by atoms with Gasteiger partial charge in [-0.2, -0.15) is 0 Å². The summed E-state index contributed by atoms with van der Waals surface area (Å²) in [6.45, 7) is 6.11. The topological polar surface area (TPSA) is 15.8 Å². The van der Waals surface area contributed by atoms with Crippen LogP contribution in [0, 0.1) is 6.92 Å². The third-order valence-electron chi connectivity index (χ3n) is 1.94. The van der Waals surface area contributed by atoms with E-state index in [0.717, 1.165) is 0 Å². The van der Waals surface area contributed by atoms with Crippen molar-refractivity contribution < 1.29 is 0 Å². The first-order valence-electron chi connectivity index (χ1n) is 4.51. The zero-order valence-corrected chi connectivity index (χ0v) is 9.77. The average molecular weight is 240 g/mol. The lowest BCUT2D eigenvalue weighted by Crippen LogP contribution is -1.75. The van der Waals surface area contributed by atoms with Crippen LogP contribution in [-0.2, 0) is 0 Å². The molecule has 0 spiro atoms. The molecule has 0 fully saturated rings. The normalized spacial score (nSPS) is 9.54. The van der Waals surface area contributed by atoms with Gasteiger partial charge in [-0.15, -0.1) is 0 Å². The quantitative estimate of drug-likeness (QED) is 0.707. The van der Waals surface area contributed by atoms with Crippen molar-refractivity contribution in [2.24, 2.45) is 0 Å². The first-order chi connectivity index (χ1) is 6.29. The molecule has 1 N–H and O–H groups in total. The van der Waals surface area contributed by atoms with Gasteiger partial charge in [-0.1, -0.05) is 29.8 Å². The second-order valence-electron chi connectivity index (χ2n) is 2.61. The number of benzene rings is 1. The Hall–Kier alpha value is -0.760. The first kappa shape index (κ1) is 10.3. The third kappa shape index (κ3) is 1.94. The maximum Gasteiger partial charge on any atom is 0.0457 e. The Labute approximate surface area is 87.3 Å². The van der Waals surface area contributed by atoms with E-state index >= 15 is 0 Å². The van der Waals surface area contributed by atoms with Crippen LogP contribution in [0.5, 0.6) is 0 Å². The Bertz CT molecular complexity index is 390.